The van der Waals surface area contributed by atoms with Crippen molar-refractivity contribution in [3.05, 3.63) is 30.3 Å². The molecule has 0 aliphatic rings. The molecule has 1 aromatic carbocycles. The Morgan fingerprint density at radius 3 is 2.20 bits per heavy atom. The van der Waals surface area contributed by atoms with Gasteiger partial charge >= 0.3 is 5.97 Å². The number of anilines is 1. The van der Waals surface area contributed by atoms with E-state index in [1.807, 2.05) is 37.3 Å². The first-order valence-electron chi connectivity index (χ1n) is 8.74. The molecule has 138 valence electrons. The predicted octanol–water partition coefficient (Wildman–Crippen LogP) is 2.62. The van der Waals surface area contributed by atoms with E-state index in [1.54, 1.807) is 23.8 Å². The molecule has 0 unspecified atom stereocenters. The number of benzene rings is 1. The van der Waals surface area contributed by atoms with Crippen LogP contribution < -0.4 is 4.90 Å². The molecule has 0 aliphatic heterocycles. The summed E-state index contributed by atoms with van der Waals surface area (Å²) in [4.78, 5) is 39.0. The van der Waals surface area contributed by atoms with E-state index in [-0.39, 0.29) is 24.2 Å². The molecule has 0 N–H and O–H groups in total. The number of amides is 2. The maximum atomic E-state index is 12.2. The van der Waals surface area contributed by atoms with Crippen LogP contribution in [0.4, 0.5) is 5.69 Å². The Kier molecular flexibility index (Phi) is 9.29. The van der Waals surface area contributed by atoms with Crippen molar-refractivity contribution in [3.63, 3.8) is 0 Å². The van der Waals surface area contributed by atoms with Gasteiger partial charge in [0.15, 0.2) is 0 Å². The summed E-state index contributed by atoms with van der Waals surface area (Å²) in [6.45, 7) is 4.86. The minimum atomic E-state index is -0.298. The zero-order valence-electron chi connectivity index (χ0n) is 15.4. The lowest BCUT2D eigenvalue weighted by molar-refractivity contribution is -0.144. The molecule has 0 heterocycles. The topological polar surface area (TPSA) is 66.9 Å². The largest absolute Gasteiger partial charge is 0.466 e. The van der Waals surface area contributed by atoms with E-state index in [0.717, 1.165) is 5.69 Å². The van der Waals surface area contributed by atoms with Crippen molar-refractivity contribution >= 4 is 23.5 Å². The monoisotopic (exact) mass is 348 g/mol. The average molecular weight is 348 g/mol. The van der Waals surface area contributed by atoms with Crippen molar-refractivity contribution in [2.45, 2.75) is 39.5 Å². The number of rotatable bonds is 10. The first-order valence-corrected chi connectivity index (χ1v) is 8.74. The van der Waals surface area contributed by atoms with Crippen molar-refractivity contribution < 1.29 is 19.1 Å². The number of hydrogen-bond acceptors (Lipinski definition) is 4. The molecule has 0 bridgehead atoms. The SMILES string of the molecule is CCOC(=O)CCN(CC)C(=O)CCCC(=O)N(C)c1ccccc1. The molecule has 0 radical (unpaired) electrons. The molecule has 1 aromatic rings. The molecule has 25 heavy (non-hydrogen) atoms. The van der Waals surface area contributed by atoms with Gasteiger partial charge in [-0.25, -0.2) is 0 Å². The maximum absolute atomic E-state index is 12.2. The lowest BCUT2D eigenvalue weighted by atomic mass is 10.2. The first-order chi connectivity index (χ1) is 12.0. The Balaban J connectivity index is 2.36. The quantitative estimate of drug-likeness (QED) is 0.610. The number of nitrogens with zero attached hydrogens (tertiary/aromatic N) is 2. The van der Waals surface area contributed by atoms with Gasteiger partial charge in [0.1, 0.15) is 0 Å². The van der Waals surface area contributed by atoms with Gasteiger partial charge in [-0.05, 0) is 32.4 Å². The Hall–Kier alpha value is -2.37. The minimum Gasteiger partial charge on any atom is -0.466 e. The molecule has 0 atom stereocenters. The van der Waals surface area contributed by atoms with Crippen LogP contribution in [0.3, 0.4) is 0 Å². The van der Waals surface area contributed by atoms with Crippen LogP contribution in [-0.2, 0) is 19.1 Å². The fourth-order valence-corrected chi connectivity index (χ4v) is 2.43. The van der Waals surface area contributed by atoms with Crippen LogP contribution in [0.5, 0.6) is 0 Å². The lowest BCUT2D eigenvalue weighted by Gasteiger charge is -2.21. The van der Waals surface area contributed by atoms with E-state index in [1.165, 1.54) is 0 Å². The van der Waals surface area contributed by atoms with Crippen molar-refractivity contribution in [1.29, 1.82) is 0 Å². The van der Waals surface area contributed by atoms with E-state index >= 15 is 0 Å². The van der Waals surface area contributed by atoms with E-state index in [9.17, 15) is 14.4 Å². The van der Waals surface area contributed by atoms with Crippen LogP contribution in [0.25, 0.3) is 0 Å². The average Bonchev–Trinajstić information content (AvgIpc) is 2.62. The Morgan fingerprint density at radius 2 is 1.60 bits per heavy atom. The number of esters is 1. The molecule has 0 aliphatic carbocycles. The summed E-state index contributed by atoms with van der Waals surface area (Å²) in [5, 5.41) is 0. The molecule has 0 spiro atoms. The van der Waals surface area contributed by atoms with Crippen LogP contribution >= 0.6 is 0 Å². The third-order valence-corrected chi connectivity index (χ3v) is 3.92. The molecular formula is C19H28N2O4. The highest BCUT2D eigenvalue weighted by Crippen LogP contribution is 2.13. The van der Waals surface area contributed by atoms with Crippen LogP contribution in [-0.4, -0.2) is 49.4 Å². The van der Waals surface area contributed by atoms with Gasteiger partial charge in [0, 0.05) is 38.7 Å². The summed E-state index contributed by atoms with van der Waals surface area (Å²) < 4.78 is 4.87. The molecular weight excluding hydrogens is 320 g/mol. The van der Waals surface area contributed by atoms with E-state index in [4.69, 9.17) is 4.74 Å². The number of para-hydroxylation sites is 1. The van der Waals surface area contributed by atoms with Gasteiger partial charge in [-0.2, -0.15) is 0 Å². The van der Waals surface area contributed by atoms with Gasteiger partial charge in [-0.3, -0.25) is 14.4 Å². The highest BCUT2D eigenvalue weighted by Gasteiger charge is 2.15. The predicted molar refractivity (Wildman–Crippen MR) is 97.2 cm³/mol. The van der Waals surface area contributed by atoms with Crippen LogP contribution in [0, 0.1) is 0 Å². The molecule has 0 fully saturated rings. The Labute approximate surface area is 149 Å². The van der Waals surface area contributed by atoms with Crippen LogP contribution in [0.2, 0.25) is 0 Å². The van der Waals surface area contributed by atoms with Crippen molar-refractivity contribution in [1.82, 2.24) is 4.90 Å². The lowest BCUT2D eigenvalue weighted by Crippen LogP contribution is -2.33. The highest BCUT2D eigenvalue weighted by molar-refractivity contribution is 5.93. The summed E-state index contributed by atoms with van der Waals surface area (Å²) in [6.07, 6.45) is 1.30. The molecule has 2 amide bonds. The molecule has 0 saturated carbocycles. The molecule has 0 aromatic heterocycles. The van der Waals surface area contributed by atoms with Gasteiger partial charge in [-0.15, -0.1) is 0 Å². The van der Waals surface area contributed by atoms with E-state index in [2.05, 4.69) is 0 Å². The van der Waals surface area contributed by atoms with Gasteiger partial charge < -0.3 is 14.5 Å². The second-order valence-electron chi connectivity index (χ2n) is 5.67. The molecule has 0 saturated heterocycles. The van der Waals surface area contributed by atoms with Crippen LogP contribution in [0.15, 0.2) is 30.3 Å². The zero-order valence-corrected chi connectivity index (χ0v) is 15.4. The van der Waals surface area contributed by atoms with Crippen molar-refractivity contribution in [3.8, 4) is 0 Å². The summed E-state index contributed by atoms with van der Waals surface area (Å²) in [6, 6.07) is 9.40. The third kappa shape index (κ3) is 7.37. The van der Waals surface area contributed by atoms with E-state index < -0.39 is 0 Å². The number of hydrogen-bond donors (Lipinski definition) is 0. The smallest absolute Gasteiger partial charge is 0.307 e. The standard InChI is InChI=1S/C19H28N2O4/c1-4-21(15-14-19(24)25-5-2)18(23)13-9-12-17(22)20(3)16-10-7-6-8-11-16/h6-8,10-11H,4-5,9,12-15H2,1-3H3. The third-order valence-electron chi connectivity index (χ3n) is 3.92. The molecule has 1 rings (SSSR count). The summed E-state index contributed by atoms with van der Waals surface area (Å²) in [5.41, 5.74) is 0.837. The van der Waals surface area contributed by atoms with Crippen molar-refractivity contribution in [2.24, 2.45) is 0 Å². The molecule has 6 heteroatoms. The normalized spacial score (nSPS) is 10.2. The van der Waals surface area contributed by atoms with Crippen LogP contribution in [0.1, 0.15) is 39.5 Å². The van der Waals surface area contributed by atoms with E-state index in [0.29, 0.717) is 39.0 Å². The summed E-state index contributed by atoms with van der Waals surface area (Å²) in [7, 11) is 1.73. The summed E-state index contributed by atoms with van der Waals surface area (Å²) in [5.74, 6) is -0.357. The summed E-state index contributed by atoms with van der Waals surface area (Å²) >= 11 is 0. The van der Waals surface area contributed by atoms with Gasteiger partial charge in [0.2, 0.25) is 11.8 Å². The minimum absolute atomic E-state index is 0.0198. The maximum Gasteiger partial charge on any atom is 0.307 e. The van der Waals surface area contributed by atoms with Gasteiger partial charge in [0.25, 0.3) is 0 Å². The zero-order chi connectivity index (χ0) is 18.7. The van der Waals surface area contributed by atoms with Gasteiger partial charge in [0.05, 0.1) is 13.0 Å². The molecule has 6 nitrogen and oxygen atoms in total. The first kappa shape index (κ1) is 20.7. The Bertz CT molecular complexity index is 560. The van der Waals surface area contributed by atoms with Crippen molar-refractivity contribution in [2.75, 3.05) is 31.6 Å². The highest BCUT2D eigenvalue weighted by atomic mass is 16.5. The number of carbonyl (C=O) groups excluding carboxylic acids is 3. The Morgan fingerprint density at radius 1 is 0.960 bits per heavy atom. The van der Waals surface area contributed by atoms with Gasteiger partial charge in [-0.1, -0.05) is 18.2 Å². The fraction of sp³-hybridized carbons (Fsp3) is 0.526. The number of ether oxygens (including phenoxy) is 1. The second kappa shape index (κ2) is 11.2. The second-order valence-corrected chi connectivity index (χ2v) is 5.67. The number of carbonyl (C=O) groups is 3. The fourth-order valence-electron chi connectivity index (χ4n) is 2.43.